The van der Waals surface area contributed by atoms with E-state index in [1.54, 1.807) is 42.5 Å². The zero-order valence-corrected chi connectivity index (χ0v) is 12.5. The molecule has 0 fully saturated rings. The van der Waals surface area contributed by atoms with Crippen LogP contribution in [-0.2, 0) is 4.79 Å². The van der Waals surface area contributed by atoms with Gasteiger partial charge in [0.1, 0.15) is 0 Å². The first-order chi connectivity index (χ1) is 10.1. The lowest BCUT2D eigenvalue weighted by Crippen LogP contribution is -2.13. The highest BCUT2D eigenvalue weighted by atomic mass is 79.9. The monoisotopic (exact) mass is 345 g/mol. The van der Waals surface area contributed by atoms with Crippen LogP contribution in [0.15, 0.2) is 59.1 Å². The van der Waals surface area contributed by atoms with Crippen LogP contribution in [0.4, 0.5) is 5.69 Å². The summed E-state index contributed by atoms with van der Waals surface area (Å²) in [6, 6.07) is 14.1. The zero-order valence-electron chi connectivity index (χ0n) is 10.9. The molecule has 2 aromatic carbocycles. The third-order valence-corrected chi connectivity index (χ3v) is 3.42. The highest BCUT2D eigenvalue weighted by molar-refractivity contribution is 9.10. The predicted molar refractivity (Wildman–Crippen MR) is 85.2 cm³/mol. The summed E-state index contributed by atoms with van der Waals surface area (Å²) >= 11 is 3.33. The standard InChI is InChI=1S/C16H12BrNO3/c17-13-7-3-2-6-12(13)16(21)18-14-8-4-1-5-11(14)9-10-15(19)20/h1-10H,(H,18,21)(H,19,20)/b10-9+. The minimum atomic E-state index is -1.04. The normalized spacial score (nSPS) is 10.5. The van der Waals surface area contributed by atoms with Crippen LogP contribution in [0.25, 0.3) is 6.08 Å². The van der Waals surface area contributed by atoms with Gasteiger partial charge in [0.05, 0.1) is 5.56 Å². The lowest BCUT2D eigenvalue weighted by molar-refractivity contribution is -0.131. The van der Waals surface area contributed by atoms with Gasteiger partial charge >= 0.3 is 5.97 Å². The molecule has 0 spiro atoms. The number of carbonyl (C=O) groups is 2. The molecule has 2 N–H and O–H groups in total. The van der Waals surface area contributed by atoms with Gasteiger partial charge in [0.25, 0.3) is 5.91 Å². The number of rotatable bonds is 4. The van der Waals surface area contributed by atoms with E-state index >= 15 is 0 Å². The van der Waals surface area contributed by atoms with Gasteiger partial charge in [-0.25, -0.2) is 4.79 Å². The van der Waals surface area contributed by atoms with Crippen molar-refractivity contribution in [1.29, 1.82) is 0 Å². The van der Waals surface area contributed by atoms with Crippen molar-refractivity contribution >= 4 is 39.6 Å². The number of halogens is 1. The summed E-state index contributed by atoms with van der Waals surface area (Å²) in [4.78, 5) is 22.8. The Bertz CT molecular complexity index is 710. The molecule has 21 heavy (non-hydrogen) atoms. The Morgan fingerprint density at radius 1 is 1.05 bits per heavy atom. The van der Waals surface area contributed by atoms with E-state index in [-0.39, 0.29) is 5.91 Å². The van der Waals surface area contributed by atoms with Crippen LogP contribution in [-0.4, -0.2) is 17.0 Å². The fourth-order valence-corrected chi connectivity index (χ4v) is 2.22. The summed E-state index contributed by atoms with van der Waals surface area (Å²) in [5.74, 6) is -1.31. The molecule has 0 radical (unpaired) electrons. The number of hydrogen-bond donors (Lipinski definition) is 2. The number of anilines is 1. The SMILES string of the molecule is O=C(O)/C=C/c1ccccc1NC(=O)c1ccccc1Br. The van der Waals surface area contributed by atoms with E-state index in [9.17, 15) is 9.59 Å². The van der Waals surface area contributed by atoms with Crippen molar-refractivity contribution in [3.05, 3.63) is 70.2 Å². The second-order valence-corrected chi connectivity index (χ2v) is 5.05. The van der Waals surface area contributed by atoms with Gasteiger partial charge in [0.2, 0.25) is 0 Å². The molecule has 0 aliphatic heterocycles. The molecule has 2 aromatic rings. The van der Waals surface area contributed by atoms with Crippen LogP contribution in [0, 0.1) is 0 Å². The third-order valence-electron chi connectivity index (χ3n) is 2.73. The number of carbonyl (C=O) groups excluding carboxylic acids is 1. The number of para-hydroxylation sites is 1. The molecule has 0 bridgehead atoms. The van der Waals surface area contributed by atoms with Crippen molar-refractivity contribution in [3.8, 4) is 0 Å². The quantitative estimate of drug-likeness (QED) is 0.828. The van der Waals surface area contributed by atoms with E-state index in [1.807, 2.05) is 6.07 Å². The number of nitrogens with one attached hydrogen (secondary N) is 1. The fraction of sp³-hybridized carbons (Fsp3) is 0. The summed E-state index contributed by atoms with van der Waals surface area (Å²) < 4.78 is 0.695. The molecule has 2 rings (SSSR count). The zero-order chi connectivity index (χ0) is 15.2. The number of benzene rings is 2. The highest BCUT2D eigenvalue weighted by Crippen LogP contribution is 2.21. The average molecular weight is 346 g/mol. The smallest absolute Gasteiger partial charge is 0.328 e. The van der Waals surface area contributed by atoms with Crippen molar-refractivity contribution in [2.45, 2.75) is 0 Å². The Kier molecular flexibility index (Phi) is 4.90. The van der Waals surface area contributed by atoms with Gasteiger partial charge in [0.15, 0.2) is 0 Å². The molecule has 0 atom stereocenters. The van der Waals surface area contributed by atoms with Crippen molar-refractivity contribution in [3.63, 3.8) is 0 Å². The summed E-state index contributed by atoms with van der Waals surface area (Å²) in [6.45, 7) is 0. The molecule has 106 valence electrons. The maximum Gasteiger partial charge on any atom is 0.328 e. The predicted octanol–water partition coefficient (Wildman–Crippen LogP) is 3.80. The van der Waals surface area contributed by atoms with E-state index in [4.69, 9.17) is 5.11 Å². The van der Waals surface area contributed by atoms with Gasteiger partial charge in [-0.3, -0.25) is 4.79 Å². The first-order valence-corrected chi connectivity index (χ1v) is 6.93. The molecule has 0 aliphatic rings. The molecule has 0 saturated heterocycles. The number of carboxylic acids is 1. The van der Waals surface area contributed by atoms with E-state index in [0.717, 1.165) is 6.08 Å². The Morgan fingerprint density at radius 2 is 1.71 bits per heavy atom. The fourth-order valence-electron chi connectivity index (χ4n) is 1.75. The topological polar surface area (TPSA) is 66.4 Å². The van der Waals surface area contributed by atoms with Crippen LogP contribution in [0.1, 0.15) is 15.9 Å². The van der Waals surface area contributed by atoms with Gasteiger partial charge in [-0.2, -0.15) is 0 Å². The van der Waals surface area contributed by atoms with E-state index in [2.05, 4.69) is 21.2 Å². The Hall–Kier alpha value is -2.40. The van der Waals surface area contributed by atoms with Crippen LogP contribution in [0.3, 0.4) is 0 Å². The number of carboxylic acid groups (broad SMARTS) is 1. The van der Waals surface area contributed by atoms with Gasteiger partial charge in [-0.1, -0.05) is 30.3 Å². The van der Waals surface area contributed by atoms with Crippen molar-refractivity contribution in [1.82, 2.24) is 0 Å². The molecule has 0 aromatic heterocycles. The first-order valence-electron chi connectivity index (χ1n) is 6.14. The van der Waals surface area contributed by atoms with Crippen molar-refractivity contribution in [2.75, 3.05) is 5.32 Å². The number of amides is 1. The lowest BCUT2D eigenvalue weighted by Gasteiger charge is -2.09. The van der Waals surface area contributed by atoms with E-state index in [0.29, 0.717) is 21.3 Å². The molecule has 0 aliphatic carbocycles. The number of aliphatic carboxylic acids is 1. The molecule has 1 amide bonds. The van der Waals surface area contributed by atoms with Crippen LogP contribution < -0.4 is 5.32 Å². The summed E-state index contributed by atoms with van der Waals surface area (Å²) in [5, 5.41) is 11.5. The van der Waals surface area contributed by atoms with Gasteiger partial charge in [-0.05, 0) is 45.8 Å². The molecule has 0 saturated carbocycles. The summed E-state index contributed by atoms with van der Waals surface area (Å²) in [7, 11) is 0. The Morgan fingerprint density at radius 3 is 2.43 bits per heavy atom. The maximum atomic E-state index is 12.2. The summed E-state index contributed by atoms with van der Waals surface area (Å²) in [6.07, 6.45) is 2.47. The van der Waals surface area contributed by atoms with Gasteiger partial charge in [-0.15, -0.1) is 0 Å². The lowest BCUT2D eigenvalue weighted by atomic mass is 10.1. The van der Waals surface area contributed by atoms with Crippen molar-refractivity contribution in [2.24, 2.45) is 0 Å². The minimum Gasteiger partial charge on any atom is -0.478 e. The molecular formula is C16H12BrNO3. The molecular weight excluding hydrogens is 334 g/mol. The van der Waals surface area contributed by atoms with Crippen LogP contribution in [0.2, 0.25) is 0 Å². The van der Waals surface area contributed by atoms with Gasteiger partial charge in [0, 0.05) is 16.2 Å². The van der Waals surface area contributed by atoms with E-state index < -0.39 is 5.97 Å². The minimum absolute atomic E-state index is 0.265. The highest BCUT2D eigenvalue weighted by Gasteiger charge is 2.10. The molecule has 0 heterocycles. The van der Waals surface area contributed by atoms with Crippen molar-refractivity contribution < 1.29 is 14.7 Å². The van der Waals surface area contributed by atoms with Crippen LogP contribution >= 0.6 is 15.9 Å². The number of hydrogen-bond acceptors (Lipinski definition) is 2. The largest absolute Gasteiger partial charge is 0.478 e. The first kappa shape index (κ1) is 15.0. The molecule has 4 nitrogen and oxygen atoms in total. The second-order valence-electron chi connectivity index (χ2n) is 4.19. The molecule has 5 heteroatoms. The average Bonchev–Trinajstić information content (AvgIpc) is 2.46. The van der Waals surface area contributed by atoms with E-state index in [1.165, 1.54) is 6.08 Å². The Balaban J connectivity index is 2.26. The summed E-state index contributed by atoms with van der Waals surface area (Å²) in [5.41, 5.74) is 1.69. The third kappa shape index (κ3) is 4.03. The van der Waals surface area contributed by atoms with Crippen LogP contribution in [0.5, 0.6) is 0 Å². The Labute approximate surface area is 130 Å². The molecule has 0 unspecified atom stereocenters. The van der Waals surface area contributed by atoms with Gasteiger partial charge < -0.3 is 10.4 Å². The second kappa shape index (κ2) is 6.85. The maximum absolute atomic E-state index is 12.2.